The normalized spacial score (nSPS) is 10.9. The molecule has 21 heavy (non-hydrogen) atoms. The Morgan fingerprint density at radius 1 is 1.14 bits per heavy atom. The van der Waals surface area contributed by atoms with Crippen LogP contribution in [0.5, 0.6) is 0 Å². The highest BCUT2D eigenvalue weighted by Crippen LogP contribution is 2.20. The van der Waals surface area contributed by atoms with E-state index in [1.807, 2.05) is 49.3 Å². The maximum absolute atomic E-state index is 12.7. The molecule has 0 saturated heterocycles. The van der Waals surface area contributed by atoms with E-state index in [-0.39, 0.29) is 5.91 Å². The van der Waals surface area contributed by atoms with E-state index in [1.165, 1.54) is 6.26 Å². The highest BCUT2D eigenvalue weighted by atomic mass is 79.9. The van der Waals surface area contributed by atoms with E-state index < -0.39 is 0 Å². The molecule has 112 valence electrons. The Labute approximate surface area is 133 Å². The van der Waals surface area contributed by atoms with Crippen LogP contribution in [0.2, 0.25) is 0 Å². The van der Waals surface area contributed by atoms with Gasteiger partial charge in [-0.05, 0) is 41.7 Å². The predicted octanol–water partition coefficient (Wildman–Crippen LogP) is 3.25. The largest absolute Gasteiger partial charge is 0.457 e. The lowest BCUT2D eigenvalue weighted by molar-refractivity contribution is 0.0730. The molecule has 0 radical (unpaired) electrons. The molecule has 0 bridgehead atoms. The van der Waals surface area contributed by atoms with E-state index in [0.29, 0.717) is 23.3 Å². The number of carbonyl (C=O) groups is 1. The first kappa shape index (κ1) is 15.8. The Kier molecular flexibility index (Phi) is 5.59. The fourth-order valence-corrected chi connectivity index (χ4v) is 2.40. The van der Waals surface area contributed by atoms with Gasteiger partial charge in [0, 0.05) is 19.6 Å². The highest BCUT2D eigenvalue weighted by molar-refractivity contribution is 9.10. The van der Waals surface area contributed by atoms with Crippen LogP contribution in [0.25, 0.3) is 0 Å². The lowest BCUT2D eigenvalue weighted by Gasteiger charge is -2.24. The Morgan fingerprint density at radius 2 is 1.86 bits per heavy atom. The van der Waals surface area contributed by atoms with Crippen molar-refractivity contribution in [2.45, 2.75) is 6.54 Å². The van der Waals surface area contributed by atoms with Gasteiger partial charge in [-0.2, -0.15) is 0 Å². The first-order chi connectivity index (χ1) is 10.1. The first-order valence-electron chi connectivity index (χ1n) is 6.79. The van der Waals surface area contributed by atoms with Gasteiger partial charge in [0.1, 0.15) is 0 Å². The van der Waals surface area contributed by atoms with Gasteiger partial charge in [0.05, 0.1) is 11.8 Å². The summed E-state index contributed by atoms with van der Waals surface area (Å²) in [5.74, 6) is -0.0265. The number of amides is 1. The number of likely N-dealkylation sites (N-methyl/N-ethyl adjacent to an activating group) is 1. The average Bonchev–Trinajstić information content (AvgIpc) is 2.90. The summed E-state index contributed by atoms with van der Waals surface area (Å²) in [5.41, 5.74) is 1.67. The molecule has 0 saturated carbocycles. The van der Waals surface area contributed by atoms with Gasteiger partial charge < -0.3 is 14.2 Å². The van der Waals surface area contributed by atoms with Crippen LogP contribution < -0.4 is 0 Å². The van der Waals surface area contributed by atoms with Crippen molar-refractivity contribution in [2.24, 2.45) is 0 Å². The molecule has 4 nitrogen and oxygen atoms in total. The standard InChI is InChI=1S/C16H19BrN2O2/c1-18(2)9-10-19(12-13-6-4-3-5-7-13)16(20)14-8-11-21-15(14)17/h3-8,11H,9-10,12H2,1-2H3. The summed E-state index contributed by atoms with van der Waals surface area (Å²) in [5, 5.41) is 0. The summed E-state index contributed by atoms with van der Waals surface area (Å²) in [6.45, 7) is 2.07. The number of benzene rings is 1. The second-order valence-corrected chi connectivity index (χ2v) is 5.84. The molecule has 0 fully saturated rings. The van der Waals surface area contributed by atoms with E-state index in [2.05, 4.69) is 20.8 Å². The van der Waals surface area contributed by atoms with Crippen molar-refractivity contribution < 1.29 is 9.21 Å². The van der Waals surface area contributed by atoms with Crippen molar-refractivity contribution in [3.63, 3.8) is 0 Å². The van der Waals surface area contributed by atoms with Gasteiger partial charge in [-0.3, -0.25) is 4.79 Å². The Bertz CT molecular complexity index is 581. The summed E-state index contributed by atoms with van der Waals surface area (Å²) in [4.78, 5) is 16.6. The third kappa shape index (κ3) is 4.44. The fraction of sp³-hybridized carbons (Fsp3) is 0.312. The number of nitrogens with zero attached hydrogens (tertiary/aromatic N) is 2. The third-order valence-electron chi connectivity index (χ3n) is 3.17. The van der Waals surface area contributed by atoms with Crippen molar-refractivity contribution in [3.05, 3.63) is 58.5 Å². The monoisotopic (exact) mass is 350 g/mol. The summed E-state index contributed by atoms with van der Waals surface area (Å²) in [6, 6.07) is 11.7. The van der Waals surface area contributed by atoms with Crippen LogP contribution in [-0.2, 0) is 6.54 Å². The van der Waals surface area contributed by atoms with E-state index in [4.69, 9.17) is 4.42 Å². The molecule has 1 heterocycles. The molecule has 1 aromatic heterocycles. The van der Waals surface area contributed by atoms with E-state index in [9.17, 15) is 4.79 Å². The number of furan rings is 1. The van der Waals surface area contributed by atoms with Crippen LogP contribution in [0.4, 0.5) is 0 Å². The maximum Gasteiger partial charge on any atom is 0.258 e. The van der Waals surface area contributed by atoms with Gasteiger partial charge in [0.25, 0.3) is 5.91 Å². The minimum absolute atomic E-state index is 0.0265. The molecule has 1 aromatic carbocycles. The molecule has 0 atom stereocenters. The molecular weight excluding hydrogens is 332 g/mol. The van der Waals surface area contributed by atoms with E-state index in [0.717, 1.165) is 12.1 Å². The number of halogens is 1. The van der Waals surface area contributed by atoms with Gasteiger partial charge in [-0.15, -0.1) is 0 Å². The maximum atomic E-state index is 12.7. The number of hydrogen-bond acceptors (Lipinski definition) is 3. The van der Waals surface area contributed by atoms with E-state index in [1.54, 1.807) is 6.07 Å². The smallest absolute Gasteiger partial charge is 0.258 e. The molecule has 0 unspecified atom stereocenters. The van der Waals surface area contributed by atoms with Crippen molar-refractivity contribution in [2.75, 3.05) is 27.2 Å². The van der Waals surface area contributed by atoms with Crippen molar-refractivity contribution in [1.29, 1.82) is 0 Å². The van der Waals surface area contributed by atoms with Gasteiger partial charge in [0.2, 0.25) is 0 Å². The third-order valence-corrected chi connectivity index (χ3v) is 3.78. The van der Waals surface area contributed by atoms with Crippen LogP contribution in [0.15, 0.2) is 51.7 Å². The Morgan fingerprint density at radius 3 is 2.43 bits per heavy atom. The zero-order chi connectivity index (χ0) is 15.2. The number of rotatable bonds is 6. The number of hydrogen-bond donors (Lipinski definition) is 0. The van der Waals surface area contributed by atoms with Crippen molar-refractivity contribution >= 4 is 21.8 Å². The summed E-state index contributed by atoms with van der Waals surface area (Å²) in [7, 11) is 4.00. The molecular formula is C16H19BrN2O2. The molecule has 0 spiro atoms. The molecule has 0 aliphatic carbocycles. The molecule has 1 amide bonds. The predicted molar refractivity (Wildman–Crippen MR) is 86.1 cm³/mol. The molecule has 2 rings (SSSR count). The summed E-state index contributed by atoms with van der Waals surface area (Å²) >= 11 is 3.28. The lowest BCUT2D eigenvalue weighted by Crippen LogP contribution is -2.36. The second-order valence-electron chi connectivity index (χ2n) is 5.12. The minimum atomic E-state index is -0.0265. The Hall–Kier alpha value is -1.59. The zero-order valence-electron chi connectivity index (χ0n) is 12.3. The van der Waals surface area contributed by atoms with Crippen LogP contribution in [0, 0.1) is 0 Å². The topological polar surface area (TPSA) is 36.7 Å². The Balaban J connectivity index is 2.15. The van der Waals surface area contributed by atoms with Gasteiger partial charge in [0.15, 0.2) is 4.67 Å². The fourth-order valence-electron chi connectivity index (χ4n) is 1.99. The van der Waals surface area contributed by atoms with Gasteiger partial charge >= 0.3 is 0 Å². The van der Waals surface area contributed by atoms with Crippen molar-refractivity contribution in [3.8, 4) is 0 Å². The zero-order valence-corrected chi connectivity index (χ0v) is 13.8. The van der Waals surface area contributed by atoms with Crippen LogP contribution in [0.3, 0.4) is 0 Å². The van der Waals surface area contributed by atoms with Gasteiger partial charge in [-0.1, -0.05) is 30.3 Å². The van der Waals surface area contributed by atoms with Crippen LogP contribution in [-0.4, -0.2) is 42.9 Å². The number of carbonyl (C=O) groups excluding carboxylic acids is 1. The van der Waals surface area contributed by atoms with Gasteiger partial charge in [-0.25, -0.2) is 0 Å². The van der Waals surface area contributed by atoms with Crippen molar-refractivity contribution in [1.82, 2.24) is 9.80 Å². The second kappa shape index (κ2) is 7.43. The summed E-state index contributed by atoms with van der Waals surface area (Å²) in [6.07, 6.45) is 1.52. The van der Waals surface area contributed by atoms with Crippen LogP contribution in [0.1, 0.15) is 15.9 Å². The lowest BCUT2D eigenvalue weighted by atomic mass is 10.2. The SMILES string of the molecule is CN(C)CCN(Cc1ccccc1)C(=O)c1ccoc1Br. The molecule has 0 aliphatic rings. The highest BCUT2D eigenvalue weighted by Gasteiger charge is 2.20. The molecule has 2 aromatic rings. The molecule has 5 heteroatoms. The van der Waals surface area contributed by atoms with Crippen LogP contribution >= 0.6 is 15.9 Å². The average molecular weight is 351 g/mol. The summed E-state index contributed by atoms with van der Waals surface area (Å²) < 4.78 is 5.65. The molecule has 0 N–H and O–H groups in total. The first-order valence-corrected chi connectivity index (χ1v) is 7.58. The minimum Gasteiger partial charge on any atom is -0.457 e. The van der Waals surface area contributed by atoms with E-state index >= 15 is 0 Å². The molecule has 0 aliphatic heterocycles. The quantitative estimate of drug-likeness (QED) is 0.802.